The zero-order chi connectivity index (χ0) is 14.3. The lowest BCUT2D eigenvalue weighted by molar-refractivity contribution is -0.125. The van der Waals surface area contributed by atoms with Crippen molar-refractivity contribution < 1.29 is 9.53 Å². The highest BCUT2D eigenvalue weighted by Crippen LogP contribution is 2.39. The van der Waals surface area contributed by atoms with E-state index in [1.165, 1.54) is 16.7 Å². The first-order valence-electron chi connectivity index (χ1n) is 6.93. The Balaban J connectivity index is 2.45. The van der Waals surface area contributed by atoms with E-state index < -0.39 is 0 Å². The van der Waals surface area contributed by atoms with Crippen LogP contribution in [0.5, 0.6) is 0 Å². The minimum atomic E-state index is -0.0861. The van der Waals surface area contributed by atoms with Gasteiger partial charge in [-0.15, -0.1) is 0 Å². The van der Waals surface area contributed by atoms with E-state index in [0.29, 0.717) is 19.6 Å². The standard InChI is InChI=1S/C17H24O2/c1-12-6-7-14(16(3,4)5)8-15(12)17(9-13(2)18)10-19-11-17/h6-8H,9-11H2,1-5H3. The first kappa shape index (κ1) is 14.3. The molecule has 0 spiro atoms. The number of Topliss-reactive ketones (excluding diaryl/α,β-unsaturated/α-hetero) is 1. The maximum atomic E-state index is 11.6. The third kappa shape index (κ3) is 2.74. The topological polar surface area (TPSA) is 26.3 Å². The summed E-state index contributed by atoms with van der Waals surface area (Å²) in [6, 6.07) is 6.65. The zero-order valence-electron chi connectivity index (χ0n) is 12.7. The molecule has 0 bridgehead atoms. The van der Waals surface area contributed by atoms with E-state index in [-0.39, 0.29) is 16.6 Å². The number of ether oxygens (including phenoxy) is 1. The number of hydrogen-bond acceptors (Lipinski definition) is 2. The van der Waals surface area contributed by atoms with Crippen LogP contribution in [-0.2, 0) is 20.4 Å². The lowest BCUT2D eigenvalue weighted by Gasteiger charge is -2.43. The number of rotatable bonds is 3. The van der Waals surface area contributed by atoms with E-state index in [4.69, 9.17) is 4.74 Å². The Morgan fingerprint density at radius 1 is 1.32 bits per heavy atom. The Kier molecular flexibility index (Phi) is 3.57. The summed E-state index contributed by atoms with van der Waals surface area (Å²) in [5.41, 5.74) is 3.92. The fraction of sp³-hybridized carbons (Fsp3) is 0.588. The van der Waals surface area contributed by atoms with Gasteiger partial charge in [0, 0.05) is 11.8 Å². The summed E-state index contributed by atoms with van der Waals surface area (Å²) in [5.74, 6) is 0.240. The average molecular weight is 260 g/mol. The summed E-state index contributed by atoms with van der Waals surface area (Å²) in [5, 5.41) is 0. The molecule has 0 atom stereocenters. The van der Waals surface area contributed by atoms with Gasteiger partial charge in [-0.05, 0) is 36.0 Å². The molecule has 0 aliphatic carbocycles. The van der Waals surface area contributed by atoms with Gasteiger partial charge in [-0.2, -0.15) is 0 Å². The van der Waals surface area contributed by atoms with Crippen molar-refractivity contribution in [2.45, 2.75) is 51.9 Å². The van der Waals surface area contributed by atoms with Crippen molar-refractivity contribution in [3.05, 3.63) is 34.9 Å². The van der Waals surface area contributed by atoms with Gasteiger partial charge < -0.3 is 4.74 Å². The smallest absolute Gasteiger partial charge is 0.130 e. The van der Waals surface area contributed by atoms with Crippen molar-refractivity contribution >= 4 is 5.78 Å². The summed E-state index contributed by atoms with van der Waals surface area (Å²) < 4.78 is 5.42. The van der Waals surface area contributed by atoms with Crippen molar-refractivity contribution in [1.82, 2.24) is 0 Å². The normalized spacial score (nSPS) is 17.9. The molecule has 1 saturated heterocycles. The second-order valence-corrected chi connectivity index (χ2v) is 6.93. The summed E-state index contributed by atoms with van der Waals surface area (Å²) in [6.45, 7) is 11.8. The number of benzene rings is 1. The molecular weight excluding hydrogens is 236 g/mol. The van der Waals surface area contributed by atoms with E-state index >= 15 is 0 Å². The maximum absolute atomic E-state index is 11.6. The van der Waals surface area contributed by atoms with Crippen LogP contribution in [0.3, 0.4) is 0 Å². The van der Waals surface area contributed by atoms with Crippen molar-refractivity contribution in [2.24, 2.45) is 0 Å². The molecule has 0 aromatic heterocycles. The second-order valence-electron chi connectivity index (χ2n) is 6.93. The second kappa shape index (κ2) is 4.75. The molecule has 1 aliphatic rings. The zero-order valence-corrected chi connectivity index (χ0v) is 12.7. The van der Waals surface area contributed by atoms with Crippen molar-refractivity contribution in [3.8, 4) is 0 Å². The highest BCUT2D eigenvalue weighted by atomic mass is 16.5. The van der Waals surface area contributed by atoms with Crippen LogP contribution in [0.25, 0.3) is 0 Å². The Morgan fingerprint density at radius 2 is 1.95 bits per heavy atom. The minimum Gasteiger partial charge on any atom is -0.379 e. The highest BCUT2D eigenvalue weighted by Gasteiger charge is 2.42. The molecular formula is C17H24O2. The quantitative estimate of drug-likeness (QED) is 0.831. The number of hydrogen-bond donors (Lipinski definition) is 0. The van der Waals surface area contributed by atoms with E-state index in [1.54, 1.807) is 6.92 Å². The van der Waals surface area contributed by atoms with E-state index in [2.05, 4.69) is 45.9 Å². The molecule has 0 saturated carbocycles. The fourth-order valence-corrected chi connectivity index (χ4v) is 2.84. The van der Waals surface area contributed by atoms with Gasteiger partial charge in [0.25, 0.3) is 0 Å². The number of aryl methyl sites for hydroxylation is 1. The van der Waals surface area contributed by atoms with E-state index in [9.17, 15) is 4.79 Å². The van der Waals surface area contributed by atoms with Gasteiger partial charge in [-0.3, -0.25) is 4.79 Å². The van der Waals surface area contributed by atoms with E-state index in [1.807, 2.05) is 0 Å². The van der Waals surface area contributed by atoms with Crippen molar-refractivity contribution in [2.75, 3.05) is 13.2 Å². The highest BCUT2D eigenvalue weighted by molar-refractivity contribution is 5.77. The molecule has 1 aromatic carbocycles. The molecule has 2 heteroatoms. The molecule has 19 heavy (non-hydrogen) atoms. The van der Waals surface area contributed by atoms with Gasteiger partial charge in [-0.1, -0.05) is 39.0 Å². The SMILES string of the molecule is CC(=O)CC1(c2cc(C(C)(C)C)ccc2C)COC1. The van der Waals surface area contributed by atoms with E-state index in [0.717, 1.165) is 0 Å². The van der Waals surface area contributed by atoms with Crippen LogP contribution in [0, 0.1) is 6.92 Å². The van der Waals surface area contributed by atoms with Gasteiger partial charge in [0.2, 0.25) is 0 Å². The van der Waals surface area contributed by atoms with Crippen LogP contribution < -0.4 is 0 Å². The van der Waals surface area contributed by atoms with Gasteiger partial charge in [-0.25, -0.2) is 0 Å². The third-order valence-corrected chi connectivity index (χ3v) is 4.02. The molecule has 2 nitrogen and oxygen atoms in total. The lowest BCUT2D eigenvalue weighted by atomic mass is 9.71. The molecule has 0 amide bonds. The monoisotopic (exact) mass is 260 g/mol. The third-order valence-electron chi connectivity index (χ3n) is 4.02. The number of carbonyl (C=O) groups excluding carboxylic acids is 1. The van der Waals surface area contributed by atoms with Crippen LogP contribution >= 0.6 is 0 Å². The Hall–Kier alpha value is -1.15. The van der Waals surface area contributed by atoms with Crippen molar-refractivity contribution in [1.29, 1.82) is 0 Å². The number of carbonyl (C=O) groups is 1. The van der Waals surface area contributed by atoms with Gasteiger partial charge in [0.05, 0.1) is 13.2 Å². The first-order chi connectivity index (χ1) is 8.74. The molecule has 0 unspecified atom stereocenters. The summed E-state index contributed by atoms with van der Waals surface area (Å²) in [4.78, 5) is 11.6. The predicted octanol–water partition coefficient (Wildman–Crippen LogP) is 3.54. The van der Waals surface area contributed by atoms with Gasteiger partial charge >= 0.3 is 0 Å². The maximum Gasteiger partial charge on any atom is 0.130 e. The van der Waals surface area contributed by atoms with Crippen LogP contribution in [0.4, 0.5) is 0 Å². The summed E-state index contributed by atoms with van der Waals surface area (Å²) >= 11 is 0. The average Bonchev–Trinajstić information content (AvgIpc) is 2.22. The summed E-state index contributed by atoms with van der Waals surface area (Å²) in [6.07, 6.45) is 0.585. The van der Waals surface area contributed by atoms with Crippen LogP contribution in [-0.4, -0.2) is 19.0 Å². The molecule has 0 radical (unpaired) electrons. The van der Waals surface area contributed by atoms with Crippen LogP contribution in [0.15, 0.2) is 18.2 Å². The first-order valence-corrected chi connectivity index (χ1v) is 6.93. The molecule has 104 valence electrons. The molecule has 1 fully saturated rings. The molecule has 1 aromatic rings. The lowest BCUT2D eigenvalue weighted by Crippen LogP contribution is -2.48. The molecule has 1 heterocycles. The van der Waals surface area contributed by atoms with Crippen LogP contribution in [0.2, 0.25) is 0 Å². The molecule has 0 N–H and O–H groups in total. The Morgan fingerprint density at radius 3 is 2.37 bits per heavy atom. The van der Waals surface area contributed by atoms with Gasteiger partial charge in [0.15, 0.2) is 0 Å². The van der Waals surface area contributed by atoms with Crippen LogP contribution in [0.1, 0.15) is 50.8 Å². The number of ketones is 1. The Bertz CT molecular complexity index is 490. The minimum absolute atomic E-state index is 0.0861. The molecule has 1 aliphatic heterocycles. The fourth-order valence-electron chi connectivity index (χ4n) is 2.84. The van der Waals surface area contributed by atoms with Crippen molar-refractivity contribution in [3.63, 3.8) is 0 Å². The van der Waals surface area contributed by atoms with Gasteiger partial charge in [0.1, 0.15) is 5.78 Å². The molecule has 2 rings (SSSR count). The summed E-state index contributed by atoms with van der Waals surface area (Å²) in [7, 11) is 0. The Labute approximate surface area is 116 Å². The predicted molar refractivity (Wildman–Crippen MR) is 77.7 cm³/mol. The largest absolute Gasteiger partial charge is 0.379 e.